The summed E-state index contributed by atoms with van der Waals surface area (Å²) in [5.74, 6) is 1.21. The third kappa shape index (κ3) is 3.07. The number of carbonyl (C=O) groups excluding carboxylic acids is 1. The molecule has 0 atom stereocenters. The van der Waals surface area contributed by atoms with Crippen LogP contribution in [0.1, 0.15) is 22.1 Å². The van der Waals surface area contributed by atoms with Crippen LogP contribution < -0.4 is 10.1 Å². The Balaban J connectivity index is 1.75. The maximum atomic E-state index is 11.9. The van der Waals surface area contributed by atoms with Gasteiger partial charge in [0.1, 0.15) is 11.5 Å². The number of amides is 1. The van der Waals surface area contributed by atoms with Crippen LogP contribution in [0.15, 0.2) is 35.0 Å². The van der Waals surface area contributed by atoms with Gasteiger partial charge in [0, 0.05) is 18.0 Å². The number of aromatic hydroxyl groups is 1. The molecule has 24 heavy (non-hydrogen) atoms. The van der Waals surface area contributed by atoms with Crippen molar-refractivity contribution in [3.05, 3.63) is 47.9 Å². The fourth-order valence-corrected chi connectivity index (χ4v) is 2.18. The average molecular weight is 328 g/mol. The summed E-state index contributed by atoms with van der Waals surface area (Å²) in [4.78, 5) is 22.8. The number of hydrogen-bond acceptors (Lipinski definition) is 6. The monoisotopic (exact) mass is 328 g/mol. The van der Waals surface area contributed by atoms with E-state index in [9.17, 15) is 9.90 Å². The fourth-order valence-electron chi connectivity index (χ4n) is 2.18. The van der Waals surface area contributed by atoms with E-state index in [2.05, 4.69) is 20.3 Å². The number of phenolic OH excluding ortho intramolecular Hbond substituents is 1. The quantitative estimate of drug-likeness (QED) is 0.660. The molecule has 0 unspecified atom stereocenters. The van der Waals surface area contributed by atoms with Gasteiger partial charge in [-0.15, -0.1) is 0 Å². The van der Waals surface area contributed by atoms with Crippen molar-refractivity contribution in [2.45, 2.75) is 13.5 Å². The Hall–Kier alpha value is -3.29. The van der Waals surface area contributed by atoms with Gasteiger partial charge in [0.15, 0.2) is 17.3 Å². The number of aromatic amines is 1. The maximum absolute atomic E-state index is 11.9. The Morgan fingerprint density at radius 1 is 1.46 bits per heavy atom. The average Bonchev–Trinajstić information content (AvgIpc) is 3.22. The minimum absolute atomic E-state index is 0.00137. The molecule has 8 heteroatoms. The van der Waals surface area contributed by atoms with Crippen LogP contribution in [0.3, 0.4) is 0 Å². The summed E-state index contributed by atoms with van der Waals surface area (Å²) in [5.41, 5.74) is 1.21. The van der Waals surface area contributed by atoms with Crippen LogP contribution in [0.5, 0.6) is 11.5 Å². The lowest BCUT2D eigenvalue weighted by molar-refractivity contribution is 0.0941. The van der Waals surface area contributed by atoms with Crippen molar-refractivity contribution in [1.82, 2.24) is 20.3 Å². The third-order valence-corrected chi connectivity index (χ3v) is 3.45. The number of nitrogens with one attached hydrogen (secondary N) is 2. The highest BCUT2D eigenvalue weighted by atomic mass is 16.5. The number of oxazole rings is 1. The van der Waals surface area contributed by atoms with Crippen molar-refractivity contribution in [3.8, 4) is 23.0 Å². The van der Waals surface area contributed by atoms with Crippen molar-refractivity contribution in [1.29, 1.82) is 0 Å². The highest BCUT2D eigenvalue weighted by Crippen LogP contribution is 2.31. The summed E-state index contributed by atoms with van der Waals surface area (Å²) in [6.07, 6.45) is 3.08. The smallest absolute Gasteiger partial charge is 0.287 e. The fraction of sp³-hybridized carbons (Fsp3) is 0.188. The molecule has 2 aromatic heterocycles. The highest BCUT2D eigenvalue weighted by Gasteiger charge is 2.15. The summed E-state index contributed by atoms with van der Waals surface area (Å²) in [7, 11) is 1.48. The molecule has 0 saturated heterocycles. The highest BCUT2D eigenvalue weighted by molar-refractivity contribution is 5.90. The molecule has 0 bridgehead atoms. The molecule has 3 N–H and O–H groups in total. The van der Waals surface area contributed by atoms with Crippen LogP contribution in [-0.2, 0) is 6.54 Å². The van der Waals surface area contributed by atoms with Gasteiger partial charge in [-0.05, 0) is 25.1 Å². The summed E-state index contributed by atoms with van der Waals surface area (Å²) in [6, 6.07) is 4.87. The van der Waals surface area contributed by atoms with E-state index in [-0.39, 0.29) is 24.0 Å². The van der Waals surface area contributed by atoms with Gasteiger partial charge in [0.05, 0.1) is 13.7 Å². The maximum Gasteiger partial charge on any atom is 0.287 e. The summed E-state index contributed by atoms with van der Waals surface area (Å²) >= 11 is 0. The molecular formula is C16H16N4O4. The number of phenols is 1. The third-order valence-electron chi connectivity index (χ3n) is 3.45. The van der Waals surface area contributed by atoms with Crippen LogP contribution in [0, 0.1) is 6.92 Å². The number of ether oxygens (including phenoxy) is 1. The zero-order chi connectivity index (χ0) is 17.1. The number of carbonyl (C=O) groups is 1. The number of aryl methyl sites for hydroxylation is 1. The van der Waals surface area contributed by atoms with Gasteiger partial charge in [-0.2, -0.15) is 0 Å². The minimum atomic E-state index is -0.328. The van der Waals surface area contributed by atoms with Crippen molar-refractivity contribution in [2.24, 2.45) is 0 Å². The summed E-state index contributed by atoms with van der Waals surface area (Å²) < 4.78 is 10.6. The molecule has 1 aromatic carbocycles. The van der Waals surface area contributed by atoms with E-state index in [1.807, 2.05) is 0 Å². The lowest BCUT2D eigenvalue weighted by Gasteiger charge is -2.03. The molecule has 8 nitrogen and oxygen atoms in total. The van der Waals surface area contributed by atoms with Crippen LogP contribution >= 0.6 is 0 Å². The predicted octanol–water partition coefficient (Wildman–Crippen LogP) is 2.02. The van der Waals surface area contributed by atoms with Gasteiger partial charge < -0.3 is 24.6 Å². The number of methoxy groups -OCH3 is 1. The molecule has 0 aliphatic carbocycles. The molecule has 3 aromatic rings. The van der Waals surface area contributed by atoms with E-state index in [0.29, 0.717) is 28.7 Å². The van der Waals surface area contributed by atoms with Gasteiger partial charge in [-0.1, -0.05) is 0 Å². The number of benzene rings is 1. The Morgan fingerprint density at radius 2 is 2.29 bits per heavy atom. The van der Waals surface area contributed by atoms with E-state index in [4.69, 9.17) is 9.15 Å². The van der Waals surface area contributed by atoms with E-state index >= 15 is 0 Å². The van der Waals surface area contributed by atoms with Crippen molar-refractivity contribution in [3.63, 3.8) is 0 Å². The largest absolute Gasteiger partial charge is 0.504 e. The number of aromatic nitrogens is 3. The molecular weight excluding hydrogens is 312 g/mol. The van der Waals surface area contributed by atoms with Crippen LogP contribution in [0.2, 0.25) is 0 Å². The second-order valence-electron chi connectivity index (χ2n) is 5.03. The Kier molecular flexibility index (Phi) is 4.19. The van der Waals surface area contributed by atoms with E-state index < -0.39 is 0 Å². The minimum Gasteiger partial charge on any atom is -0.504 e. The first-order valence-electron chi connectivity index (χ1n) is 7.19. The predicted molar refractivity (Wildman–Crippen MR) is 84.7 cm³/mol. The summed E-state index contributed by atoms with van der Waals surface area (Å²) in [5, 5.41) is 12.6. The van der Waals surface area contributed by atoms with Crippen molar-refractivity contribution in [2.75, 3.05) is 7.11 Å². The number of rotatable bonds is 5. The molecule has 0 saturated carbocycles. The molecule has 0 fully saturated rings. The molecule has 3 rings (SSSR count). The molecule has 0 aliphatic rings. The number of H-pyrrole nitrogens is 1. The van der Waals surface area contributed by atoms with Gasteiger partial charge in [-0.3, -0.25) is 4.79 Å². The number of nitrogens with zero attached hydrogens (tertiary/aromatic N) is 2. The van der Waals surface area contributed by atoms with Gasteiger partial charge in [0.25, 0.3) is 5.91 Å². The second kappa shape index (κ2) is 6.45. The number of hydrogen-bond donors (Lipinski definition) is 3. The van der Waals surface area contributed by atoms with Crippen LogP contribution in [0.4, 0.5) is 0 Å². The Morgan fingerprint density at radius 3 is 2.96 bits per heavy atom. The first-order valence-corrected chi connectivity index (χ1v) is 7.19. The molecule has 1 amide bonds. The van der Waals surface area contributed by atoms with Crippen LogP contribution in [-0.4, -0.2) is 33.1 Å². The molecule has 0 radical (unpaired) electrons. The van der Waals surface area contributed by atoms with Gasteiger partial charge in [0.2, 0.25) is 5.89 Å². The Bertz CT molecular complexity index is 855. The van der Waals surface area contributed by atoms with E-state index in [0.717, 1.165) is 0 Å². The standard InChI is InChI=1S/C16H16N4O4/c1-9-11(8-19-15(22)14-17-5-6-18-14)20-16(24-9)10-3-4-13(23-2)12(21)7-10/h3-7,21H,8H2,1-2H3,(H,17,18)(H,19,22). The van der Waals surface area contributed by atoms with Gasteiger partial charge >= 0.3 is 0 Å². The van der Waals surface area contributed by atoms with Crippen molar-refractivity contribution < 1.29 is 19.1 Å². The Labute approximate surface area is 137 Å². The topological polar surface area (TPSA) is 113 Å². The lowest BCUT2D eigenvalue weighted by Crippen LogP contribution is -2.24. The zero-order valence-electron chi connectivity index (χ0n) is 13.2. The normalized spacial score (nSPS) is 10.6. The second-order valence-corrected chi connectivity index (χ2v) is 5.03. The van der Waals surface area contributed by atoms with Crippen molar-refractivity contribution >= 4 is 5.91 Å². The SMILES string of the molecule is COc1ccc(-c2nc(CNC(=O)c3ncc[nH]3)c(C)o2)cc1O. The zero-order valence-corrected chi connectivity index (χ0v) is 13.2. The van der Waals surface area contributed by atoms with E-state index in [1.165, 1.54) is 19.4 Å². The molecule has 2 heterocycles. The molecule has 0 spiro atoms. The first kappa shape index (κ1) is 15.6. The van der Waals surface area contributed by atoms with Crippen LogP contribution in [0.25, 0.3) is 11.5 Å². The summed E-state index contributed by atoms with van der Waals surface area (Å²) in [6.45, 7) is 1.96. The lowest BCUT2D eigenvalue weighted by atomic mass is 10.2. The van der Waals surface area contributed by atoms with Gasteiger partial charge in [-0.25, -0.2) is 9.97 Å². The molecule has 124 valence electrons. The van der Waals surface area contributed by atoms with E-state index in [1.54, 1.807) is 25.3 Å². The number of imidazole rings is 1. The molecule has 0 aliphatic heterocycles. The first-order chi connectivity index (χ1) is 11.6.